The quantitative estimate of drug-likeness (QED) is 0.637. The van der Waals surface area contributed by atoms with Gasteiger partial charge in [0.1, 0.15) is 0 Å². The molecule has 0 unspecified atom stereocenters. The molecule has 2 saturated heterocycles. The van der Waals surface area contributed by atoms with Crippen molar-refractivity contribution >= 4 is 0 Å². The maximum atomic E-state index is 2.79. The lowest BCUT2D eigenvalue weighted by Crippen LogP contribution is -2.48. The normalized spacial score (nSPS) is 37.6. The van der Waals surface area contributed by atoms with Crippen molar-refractivity contribution in [3.05, 3.63) is 0 Å². The lowest BCUT2D eigenvalue weighted by Gasteiger charge is -2.45. The van der Waals surface area contributed by atoms with E-state index >= 15 is 0 Å². The highest BCUT2D eigenvalue weighted by molar-refractivity contribution is 4.98. The van der Waals surface area contributed by atoms with Gasteiger partial charge in [-0.15, -0.1) is 0 Å². The first-order chi connectivity index (χ1) is 6.89. The molecule has 2 rings (SSSR count). The van der Waals surface area contributed by atoms with Crippen molar-refractivity contribution < 1.29 is 0 Å². The molecule has 2 bridgehead atoms. The molecule has 0 aromatic heterocycles. The van der Waals surface area contributed by atoms with Gasteiger partial charge in [-0.1, -0.05) is 20.8 Å². The van der Waals surface area contributed by atoms with Crippen LogP contribution in [0.15, 0.2) is 0 Å². The predicted molar refractivity (Wildman–Crippen MR) is 66.0 cm³/mol. The molecule has 0 N–H and O–H groups in total. The van der Waals surface area contributed by atoms with Crippen LogP contribution in [-0.4, -0.2) is 23.0 Å². The van der Waals surface area contributed by atoms with Crippen LogP contribution in [0.4, 0.5) is 0 Å². The van der Waals surface area contributed by atoms with Gasteiger partial charge in [0.15, 0.2) is 0 Å². The molecule has 0 aromatic carbocycles. The zero-order valence-corrected chi connectivity index (χ0v) is 11.1. The predicted octanol–water partition coefficient (Wildman–Crippen LogP) is 3.68. The minimum absolute atomic E-state index is 0.518. The van der Waals surface area contributed by atoms with Crippen LogP contribution in [0, 0.1) is 11.3 Å². The van der Waals surface area contributed by atoms with E-state index in [4.69, 9.17) is 0 Å². The summed E-state index contributed by atoms with van der Waals surface area (Å²) in [7, 11) is 0. The average Bonchev–Trinajstić information content (AvgIpc) is 2.35. The van der Waals surface area contributed by atoms with Gasteiger partial charge in [-0.2, -0.15) is 0 Å². The van der Waals surface area contributed by atoms with E-state index in [0.717, 1.165) is 24.0 Å². The molecule has 15 heavy (non-hydrogen) atoms. The summed E-state index contributed by atoms with van der Waals surface area (Å²) in [6, 6.07) is 2.55. The zero-order valence-electron chi connectivity index (χ0n) is 11.1. The van der Waals surface area contributed by atoms with Gasteiger partial charge >= 0.3 is 0 Å². The Kier molecular flexibility index (Phi) is 2.87. The molecule has 1 heteroatoms. The van der Waals surface area contributed by atoms with E-state index in [2.05, 4.69) is 39.5 Å². The highest BCUT2D eigenvalue weighted by atomic mass is 15.2. The van der Waals surface area contributed by atoms with E-state index in [-0.39, 0.29) is 0 Å². The maximum absolute atomic E-state index is 2.79. The summed E-state index contributed by atoms with van der Waals surface area (Å²) >= 11 is 0. The zero-order chi connectivity index (χ0) is 11.2. The second-order valence-electron chi connectivity index (χ2n) is 6.96. The first-order valence-electron chi connectivity index (χ1n) is 6.67. The van der Waals surface area contributed by atoms with Gasteiger partial charge in [0.2, 0.25) is 0 Å². The third kappa shape index (κ3) is 2.08. The Balaban J connectivity index is 2.08. The molecule has 2 heterocycles. The first-order valence-corrected chi connectivity index (χ1v) is 6.67. The molecule has 2 aliphatic rings. The topological polar surface area (TPSA) is 3.24 Å². The monoisotopic (exact) mass is 209 g/mol. The summed E-state index contributed by atoms with van der Waals surface area (Å²) in [5, 5.41) is 0. The van der Waals surface area contributed by atoms with Crippen molar-refractivity contribution in [3.8, 4) is 0 Å². The standard InChI is InChI=1S/C14H27N/c1-10(2)15-12-6-7-13(15)9-11(8-12)14(3,4)5/h10-13H,6-9H2,1-5H3/t11-,12+,13-. The minimum atomic E-state index is 0.518. The number of hydrogen-bond acceptors (Lipinski definition) is 1. The largest absolute Gasteiger partial charge is 0.295 e. The molecule has 0 amide bonds. The molecule has 0 saturated carbocycles. The van der Waals surface area contributed by atoms with E-state index < -0.39 is 0 Å². The van der Waals surface area contributed by atoms with Gasteiger partial charge < -0.3 is 0 Å². The van der Waals surface area contributed by atoms with Crippen molar-refractivity contribution in [2.24, 2.45) is 11.3 Å². The van der Waals surface area contributed by atoms with Gasteiger partial charge in [-0.05, 0) is 50.9 Å². The van der Waals surface area contributed by atoms with Crippen molar-refractivity contribution in [2.45, 2.75) is 78.4 Å². The van der Waals surface area contributed by atoms with Crippen LogP contribution in [-0.2, 0) is 0 Å². The highest BCUT2D eigenvalue weighted by Crippen LogP contribution is 2.45. The van der Waals surface area contributed by atoms with Crippen LogP contribution in [0.3, 0.4) is 0 Å². The molecule has 2 fully saturated rings. The van der Waals surface area contributed by atoms with Crippen LogP contribution >= 0.6 is 0 Å². The fourth-order valence-corrected chi connectivity index (χ4v) is 3.76. The molecule has 0 aliphatic carbocycles. The molecular weight excluding hydrogens is 182 g/mol. The molecule has 1 nitrogen and oxygen atoms in total. The van der Waals surface area contributed by atoms with E-state index in [9.17, 15) is 0 Å². The SMILES string of the molecule is CC(C)N1[C@@H]2CC[C@H]1C[C@@H](C(C)(C)C)C2. The van der Waals surface area contributed by atoms with Crippen LogP contribution in [0.5, 0.6) is 0 Å². The maximum Gasteiger partial charge on any atom is 0.0104 e. The lowest BCUT2D eigenvalue weighted by molar-refractivity contribution is 0.0342. The smallest absolute Gasteiger partial charge is 0.0104 e. The number of piperidine rings is 1. The molecule has 0 spiro atoms. The van der Waals surface area contributed by atoms with Crippen LogP contribution < -0.4 is 0 Å². The lowest BCUT2D eigenvalue weighted by atomic mass is 9.73. The third-order valence-electron chi connectivity index (χ3n) is 4.61. The second kappa shape index (κ2) is 3.76. The minimum Gasteiger partial charge on any atom is -0.295 e. The van der Waals surface area contributed by atoms with Crippen LogP contribution in [0.1, 0.15) is 60.3 Å². The van der Waals surface area contributed by atoms with E-state index in [0.29, 0.717) is 5.41 Å². The van der Waals surface area contributed by atoms with Gasteiger partial charge in [0, 0.05) is 18.1 Å². The summed E-state index contributed by atoms with van der Waals surface area (Å²) in [5.74, 6) is 0.949. The molecule has 0 aromatic rings. The first kappa shape index (κ1) is 11.4. The Morgan fingerprint density at radius 1 is 1.00 bits per heavy atom. The summed E-state index contributed by atoms with van der Waals surface area (Å²) in [6.07, 6.45) is 5.79. The second-order valence-corrected chi connectivity index (χ2v) is 6.96. The average molecular weight is 209 g/mol. The summed E-state index contributed by atoms with van der Waals surface area (Å²) in [5.41, 5.74) is 0.518. The van der Waals surface area contributed by atoms with Crippen molar-refractivity contribution in [1.82, 2.24) is 4.90 Å². The summed E-state index contributed by atoms with van der Waals surface area (Å²) in [4.78, 5) is 2.79. The highest BCUT2D eigenvalue weighted by Gasteiger charge is 2.44. The fraction of sp³-hybridized carbons (Fsp3) is 1.00. The molecular formula is C14H27N. The van der Waals surface area contributed by atoms with Crippen LogP contribution in [0.2, 0.25) is 0 Å². The van der Waals surface area contributed by atoms with Gasteiger partial charge in [-0.3, -0.25) is 4.90 Å². The molecule has 0 radical (unpaired) electrons. The van der Waals surface area contributed by atoms with Gasteiger partial charge in [-0.25, -0.2) is 0 Å². The van der Waals surface area contributed by atoms with Crippen molar-refractivity contribution in [3.63, 3.8) is 0 Å². The fourth-order valence-electron chi connectivity index (χ4n) is 3.76. The molecule has 88 valence electrons. The van der Waals surface area contributed by atoms with E-state index in [1.807, 2.05) is 0 Å². The van der Waals surface area contributed by atoms with Crippen molar-refractivity contribution in [1.29, 1.82) is 0 Å². The van der Waals surface area contributed by atoms with Gasteiger partial charge in [0.05, 0.1) is 0 Å². The van der Waals surface area contributed by atoms with Crippen molar-refractivity contribution in [2.75, 3.05) is 0 Å². The Morgan fingerprint density at radius 2 is 1.47 bits per heavy atom. The molecule has 3 atom stereocenters. The number of fused-ring (bicyclic) bond motifs is 2. The molecule has 2 aliphatic heterocycles. The Labute approximate surface area is 95.2 Å². The number of rotatable bonds is 1. The Hall–Kier alpha value is -0.0400. The number of nitrogens with zero attached hydrogens (tertiary/aromatic N) is 1. The third-order valence-corrected chi connectivity index (χ3v) is 4.61. The summed E-state index contributed by atoms with van der Waals surface area (Å²) in [6.45, 7) is 12.0. The number of hydrogen-bond donors (Lipinski definition) is 0. The Morgan fingerprint density at radius 3 is 1.80 bits per heavy atom. The van der Waals surface area contributed by atoms with Gasteiger partial charge in [0.25, 0.3) is 0 Å². The van der Waals surface area contributed by atoms with E-state index in [1.54, 1.807) is 0 Å². The van der Waals surface area contributed by atoms with E-state index in [1.165, 1.54) is 25.7 Å². The summed E-state index contributed by atoms with van der Waals surface area (Å²) < 4.78 is 0. The Bertz CT molecular complexity index is 212. The van der Waals surface area contributed by atoms with Crippen LogP contribution in [0.25, 0.3) is 0 Å².